The molecule has 2 atom stereocenters. The number of carbonyl (C=O) groups is 2. The number of Topliss-reactive ketones (excluding diaryl/α,β-unsaturated/α-hetero) is 1. The smallest absolute Gasteiger partial charge is 0.298 e. The summed E-state index contributed by atoms with van der Waals surface area (Å²) in [4.78, 5) is 23.5. The van der Waals surface area contributed by atoms with Gasteiger partial charge in [-0.3, -0.25) is 23.5 Å². The predicted octanol–water partition coefficient (Wildman–Crippen LogP) is 9.09. The Morgan fingerprint density at radius 1 is 0.791 bits per heavy atom. The van der Waals surface area contributed by atoms with E-state index in [1.54, 1.807) is 0 Å². The molecular weight excluding hydrogens is 649 g/mol. The summed E-state index contributed by atoms with van der Waals surface area (Å²) >= 11 is 20.3. The van der Waals surface area contributed by atoms with E-state index in [1.807, 2.05) is 91.0 Å². The highest BCUT2D eigenvalue weighted by Gasteiger charge is 2.31. The van der Waals surface area contributed by atoms with Gasteiger partial charge in [0.05, 0.1) is 33.4 Å². The molecule has 0 saturated heterocycles. The van der Waals surface area contributed by atoms with Gasteiger partial charge in [0.1, 0.15) is 6.29 Å². The Morgan fingerprint density at radius 2 is 1.23 bits per heavy atom. The van der Waals surface area contributed by atoms with Gasteiger partial charge in [0.25, 0.3) is 0 Å². The van der Waals surface area contributed by atoms with Gasteiger partial charge in [-0.15, -0.1) is 0 Å². The minimum atomic E-state index is -3.22. The van der Waals surface area contributed by atoms with Gasteiger partial charge in [0.2, 0.25) is 0 Å². The van der Waals surface area contributed by atoms with Gasteiger partial charge >= 0.3 is 5.20 Å². The van der Waals surface area contributed by atoms with Crippen LogP contribution in [0.15, 0.2) is 66.2 Å². The molecule has 0 fully saturated rings. The largest absolute Gasteiger partial charge is 0.339 e. The van der Waals surface area contributed by atoms with Gasteiger partial charge in [-0.2, -0.15) is 10.2 Å². The predicted molar refractivity (Wildman–Crippen MR) is 176 cm³/mol. The highest BCUT2D eigenvalue weighted by molar-refractivity contribution is 8.24. The van der Waals surface area contributed by atoms with E-state index in [-0.39, 0.29) is 11.7 Å². The number of benzene rings is 2. The number of nitrogens with zero attached hydrogens (tertiary/aromatic N) is 4. The number of hydrogen-bond donors (Lipinski definition) is 0. The molecule has 2 aliphatic carbocycles. The Kier molecular flexibility index (Phi) is 10.8. The highest BCUT2D eigenvalue weighted by Crippen LogP contribution is 2.61. The van der Waals surface area contributed by atoms with E-state index in [0.717, 1.165) is 64.2 Å². The summed E-state index contributed by atoms with van der Waals surface area (Å²) < 4.78 is 13.2. The standard InChI is InChI=1S/C16H15ClN2O.C15H16N2O.Cl3OP/c1-10-8-13-14(15(17)12(10)9-20)16(19(2)18-13)11-6-4-3-5-7-11;1-10-8-12-14(13(18)9-10)15(17(2)16-12)11-6-4-3-5-7-11;1-5(2,3)4/h3-7,9-10H,8H2,1-2H3;3-7,10H,8-9H2,1-2H3;/t2*10-;/m11./s1. The van der Waals surface area contributed by atoms with Crippen molar-refractivity contribution in [3.63, 3.8) is 0 Å². The van der Waals surface area contributed by atoms with Gasteiger partial charge in [0, 0.05) is 42.8 Å². The molecule has 2 aliphatic rings. The Hall–Kier alpha value is -2.67. The number of hydrogen-bond acceptors (Lipinski definition) is 5. The maximum absolute atomic E-state index is 12.3. The molecule has 12 heteroatoms. The monoisotopic (exact) mass is 678 g/mol. The molecule has 0 aliphatic heterocycles. The first-order chi connectivity index (χ1) is 20.3. The Balaban J connectivity index is 0.000000171. The van der Waals surface area contributed by atoms with Gasteiger partial charge < -0.3 is 0 Å². The van der Waals surface area contributed by atoms with Crippen LogP contribution < -0.4 is 0 Å². The summed E-state index contributed by atoms with van der Waals surface area (Å²) in [6, 6.07) is 20.0. The highest BCUT2D eigenvalue weighted by atomic mass is 36.0. The summed E-state index contributed by atoms with van der Waals surface area (Å²) in [5, 5.41) is 6.42. The number of halogens is 4. The molecule has 0 bridgehead atoms. The molecule has 6 rings (SSSR count). The number of aromatic nitrogens is 4. The summed E-state index contributed by atoms with van der Waals surface area (Å²) in [7, 11) is 3.83. The number of aryl methyl sites for hydroxylation is 2. The van der Waals surface area contributed by atoms with Crippen LogP contribution in [0.1, 0.15) is 47.6 Å². The second kappa shape index (κ2) is 14.0. The van der Waals surface area contributed by atoms with Crippen LogP contribution in [0.3, 0.4) is 0 Å². The molecule has 0 N–H and O–H groups in total. The van der Waals surface area contributed by atoms with Crippen LogP contribution >= 0.6 is 50.5 Å². The van der Waals surface area contributed by atoms with Crippen molar-refractivity contribution in [2.75, 3.05) is 0 Å². The molecule has 0 unspecified atom stereocenters. The van der Waals surface area contributed by atoms with Crippen molar-refractivity contribution in [3.8, 4) is 22.5 Å². The minimum Gasteiger partial charge on any atom is -0.298 e. The fourth-order valence-electron chi connectivity index (χ4n) is 5.57. The van der Waals surface area contributed by atoms with Crippen LogP contribution in [-0.2, 0) is 36.3 Å². The first-order valence-electron chi connectivity index (χ1n) is 13.6. The lowest BCUT2D eigenvalue weighted by Gasteiger charge is -2.19. The average Bonchev–Trinajstić information content (AvgIpc) is 3.44. The molecule has 2 heterocycles. The number of carbonyl (C=O) groups excluding carboxylic acids is 2. The second-order valence-corrected chi connectivity index (χ2v) is 17.7. The molecule has 0 radical (unpaired) electrons. The van der Waals surface area contributed by atoms with E-state index in [9.17, 15) is 14.2 Å². The molecule has 2 aromatic heterocycles. The van der Waals surface area contributed by atoms with Crippen LogP contribution in [0, 0.1) is 11.8 Å². The molecule has 2 aromatic carbocycles. The zero-order valence-electron chi connectivity index (χ0n) is 24.1. The van der Waals surface area contributed by atoms with Crippen LogP contribution in [0.5, 0.6) is 0 Å². The lowest BCUT2D eigenvalue weighted by atomic mass is 9.86. The van der Waals surface area contributed by atoms with E-state index >= 15 is 0 Å². The molecule has 0 saturated carbocycles. The van der Waals surface area contributed by atoms with E-state index in [0.29, 0.717) is 22.9 Å². The van der Waals surface area contributed by atoms with Crippen LogP contribution in [0.2, 0.25) is 0 Å². The molecular formula is C31H31Cl4N4O3P. The van der Waals surface area contributed by atoms with E-state index in [4.69, 9.17) is 11.6 Å². The SMILES string of the molecule is C[C@@H]1Cc2nn(C)c(-c3ccccc3)c2C(Cl)=C1C=O.C[C@H]1CC(=O)c2c(nn(C)c2-c2ccccc2)C1.O=P(Cl)(Cl)Cl. The van der Waals surface area contributed by atoms with Crippen molar-refractivity contribution in [2.24, 2.45) is 25.9 Å². The lowest BCUT2D eigenvalue weighted by Crippen LogP contribution is -2.17. The quantitative estimate of drug-likeness (QED) is 0.159. The number of rotatable bonds is 3. The zero-order valence-corrected chi connectivity index (χ0v) is 28.0. The van der Waals surface area contributed by atoms with Crippen LogP contribution in [-0.4, -0.2) is 31.6 Å². The third-order valence-corrected chi connectivity index (χ3v) is 7.73. The first-order valence-corrected chi connectivity index (χ1v) is 18.4. The van der Waals surface area contributed by atoms with Crippen molar-refractivity contribution >= 4 is 67.6 Å². The second-order valence-electron chi connectivity index (χ2n) is 10.6. The minimum absolute atomic E-state index is 0.117. The summed E-state index contributed by atoms with van der Waals surface area (Å²) in [5.41, 5.74) is 8.39. The normalized spacial score (nSPS) is 17.6. The summed E-state index contributed by atoms with van der Waals surface area (Å²) in [6.45, 7) is 4.11. The van der Waals surface area contributed by atoms with Gasteiger partial charge in [-0.05, 0) is 58.4 Å². The molecule has 7 nitrogen and oxygen atoms in total. The van der Waals surface area contributed by atoms with Crippen LogP contribution in [0.25, 0.3) is 27.5 Å². The number of aldehydes is 1. The number of allylic oxidation sites excluding steroid dienone is 1. The van der Waals surface area contributed by atoms with E-state index in [1.165, 1.54) is 0 Å². The molecule has 226 valence electrons. The van der Waals surface area contributed by atoms with E-state index < -0.39 is 5.20 Å². The van der Waals surface area contributed by atoms with Crippen molar-refractivity contribution in [2.45, 2.75) is 33.1 Å². The van der Waals surface area contributed by atoms with E-state index in [2.05, 4.69) is 50.8 Å². The van der Waals surface area contributed by atoms with Gasteiger partial charge in [-0.25, -0.2) is 0 Å². The zero-order chi connectivity index (χ0) is 31.5. The Bertz CT molecular complexity index is 1700. The maximum atomic E-state index is 12.3. The topological polar surface area (TPSA) is 86.8 Å². The lowest BCUT2D eigenvalue weighted by molar-refractivity contribution is -0.105. The maximum Gasteiger partial charge on any atom is 0.339 e. The van der Waals surface area contributed by atoms with Gasteiger partial charge in [-0.1, -0.05) is 86.1 Å². The summed E-state index contributed by atoms with van der Waals surface area (Å²) in [6.07, 6.45) is 3.16. The summed E-state index contributed by atoms with van der Waals surface area (Å²) in [5.74, 6) is 0.755. The molecule has 43 heavy (non-hydrogen) atoms. The third kappa shape index (κ3) is 7.89. The van der Waals surface area contributed by atoms with Crippen molar-refractivity contribution in [3.05, 3.63) is 88.8 Å². The third-order valence-electron chi connectivity index (χ3n) is 7.32. The molecule has 4 aromatic rings. The fourth-order valence-corrected chi connectivity index (χ4v) is 6.00. The number of fused-ring (bicyclic) bond motifs is 2. The van der Waals surface area contributed by atoms with Crippen molar-refractivity contribution < 1.29 is 14.2 Å². The van der Waals surface area contributed by atoms with Gasteiger partial charge in [0.15, 0.2) is 5.78 Å². The molecule has 0 amide bonds. The average molecular weight is 680 g/mol. The van der Waals surface area contributed by atoms with Crippen LogP contribution in [0.4, 0.5) is 0 Å². The van der Waals surface area contributed by atoms with Crippen molar-refractivity contribution in [1.29, 1.82) is 0 Å². The number of ketones is 1. The Morgan fingerprint density at radius 3 is 1.70 bits per heavy atom. The Labute approximate surface area is 270 Å². The van der Waals surface area contributed by atoms with Crippen molar-refractivity contribution in [1.82, 2.24) is 19.6 Å². The molecule has 0 spiro atoms. The fraction of sp³-hybridized carbons (Fsp3) is 0.290. The first kappa shape index (κ1) is 33.2.